The molecule has 1 fully saturated rings. The van der Waals surface area contributed by atoms with Gasteiger partial charge in [-0.3, -0.25) is 4.79 Å². The zero-order chi connectivity index (χ0) is 16.7. The first-order chi connectivity index (χ1) is 11.1. The number of hydrogen-bond donors (Lipinski definition) is 0. The Hall–Kier alpha value is -1.55. The normalized spacial score (nSPS) is 18.7. The Labute approximate surface area is 140 Å². The van der Waals surface area contributed by atoms with Gasteiger partial charge in [0.05, 0.1) is 6.61 Å². The molecule has 0 radical (unpaired) electrons. The molecule has 0 aromatic heterocycles. The fourth-order valence-corrected chi connectivity index (χ4v) is 3.16. The second-order valence-electron chi connectivity index (χ2n) is 6.82. The van der Waals surface area contributed by atoms with E-state index >= 15 is 0 Å². The molecule has 1 aromatic carbocycles. The van der Waals surface area contributed by atoms with E-state index in [2.05, 4.69) is 25.8 Å². The van der Waals surface area contributed by atoms with Crippen molar-refractivity contribution in [3.63, 3.8) is 0 Å². The number of rotatable bonds is 8. The van der Waals surface area contributed by atoms with Gasteiger partial charge in [0.25, 0.3) is 0 Å². The molecule has 1 saturated heterocycles. The van der Waals surface area contributed by atoms with Crippen LogP contribution in [0.5, 0.6) is 5.75 Å². The topological polar surface area (TPSA) is 32.8 Å². The summed E-state index contributed by atoms with van der Waals surface area (Å²) in [5.41, 5.74) is 0. The van der Waals surface area contributed by atoms with Crippen LogP contribution in [-0.4, -0.2) is 55.0 Å². The summed E-state index contributed by atoms with van der Waals surface area (Å²) in [7, 11) is 2.17. The smallest absolute Gasteiger partial charge is 0.222 e. The molecule has 2 rings (SSSR count). The van der Waals surface area contributed by atoms with E-state index in [1.807, 2.05) is 35.2 Å². The summed E-state index contributed by atoms with van der Waals surface area (Å²) in [5, 5.41) is 0. The van der Waals surface area contributed by atoms with Crippen LogP contribution in [-0.2, 0) is 4.79 Å². The molecule has 1 atom stereocenters. The number of para-hydroxylation sites is 1. The number of carbonyl (C=O) groups is 1. The van der Waals surface area contributed by atoms with Crippen LogP contribution >= 0.6 is 0 Å². The Morgan fingerprint density at radius 1 is 1.30 bits per heavy atom. The van der Waals surface area contributed by atoms with Crippen LogP contribution in [0.1, 0.15) is 33.1 Å². The van der Waals surface area contributed by atoms with Crippen molar-refractivity contribution in [2.24, 2.45) is 5.92 Å². The molecular formula is C19H30N2O2. The van der Waals surface area contributed by atoms with E-state index in [0.29, 0.717) is 24.3 Å². The number of likely N-dealkylation sites (tertiary alicyclic amines) is 1. The molecule has 0 aliphatic carbocycles. The molecule has 1 aromatic rings. The average molecular weight is 318 g/mol. The Balaban J connectivity index is 1.64. The molecular weight excluding hydrogens is 288 g/mol. The Morgan fingerprint density at radius 2 is 2.04 bits per heavy atom. The van der Waals surface area contributed by atoms with Crippen molar-refractivity contribution in [3.8, 4) is 5.75 Å². The van der Waals surface area contributed by atoms with Gasteiger partial charge in [-0.2, -0.15) is 0 Å². The highest BCUT2D eigenvalue weighted by Crippen LogP contribution is 2.20. The van der Waals surface area contributed by atoms with E-state index in [1.54, 1.807) is 0 Å². The van der Waals surface area contributed by atoms with E-state index in [9.17, 15) is 4.79 Å². The lowest BCUT2D eigenvalue weighted by molar-refractivity contribution is -0.136. The van der Waals surface area contributed by atoms with Crippen LogP contribution in [0, 0.1) is 5.92 Å². The van der Waals surface area contributed by atoms with Gasteiger partial charge in [-0.05, 0) is 51.8 Å². The van der Waals surface area contributed by atoms with Gasteiger partial charge in [0.1, 0.15) is 5.75 Å². The molecule has 0 saturated carbocycles. The van der Waals surface area contributed by atoms with Crippen molar-refractivity contribution in [2.75, 3.05) is 33.3 Å². The maximum Gasteiger partial charge on any atom is 0.222 e. The van der Waals surface area contributed by atoms with Gasteiger partial charge >= 0.3 is 0 Å². The lowest BCUT2D eigenvalue weighted by atomic mass is 9.96. The first-order valence-electron chi connectivity index (χ1n) is 8.72. The number of hydrogen-bond acceptors (Lipinski definition) is 3. The van der Waals surface area contributed by atoms with Crippen LogP contribution < -0.4 is 4.74 Å². The van der Waals surface area contributed by atoms with Crippen molar-refractivity contribution >= 4 is 5.91 Å². The summed E-state index contributed by atoms with van der Waals surface area (Å²) in [4.78, 5) is 16.3. The van der Waals surface area contributed by atoms with E-state index in [0.717, 1.165) is 44.8 Å². The second-order valence-corrected chi connectivity index (χ2v) is 6.82. The molecule has 0 N–H and O–H groups in total. The van der Waals surface area contributed by atoms with Gasteiger partial charge in [-0.1, -0.05) is 18.2 Å². The maximum absolute atomic E-state index is 11.9. The molecule has 128 valence electrons. The number of amides is 1. The van der Waals surface area contributed by atoms with Gasteiger partial charge in [-0.25, -0.2) is 0 Å². The summed E-state index contributed by atoms with van der Waals surface area (Å²) >= 11 is 0. The van der Waals surface area contributed by atoms with Crippen molar-refractivity contribution in [1.29, 1.82) is 0 Å². The highest BCUT2D eigenvalue weighted by Gasteiger charge is 2.27. The fourth-order valence-electron chi connectivity index (χ4n) is 3.16. The van der Waals surface area contributed by atoms with Crippen molar-refractivity contribution in [1.82, 2.24) is 9.80 Å². The monoisotopic (exact) mass is 318 g/mol. The SMILES string of the molecule is CC(C)N1CC(CN(C)CCCOc2ccccc2)CCC1=O. The maximum atomic E-state index is 11.9. The third-order valence-corrected chi connectivity index (χ3v) is 4.43. The van der Waals surface area contributed by atoms with Gasteiger partial charge in [0.2, 0.25) is 5.91 Å². The minimum absolute atomic E-state index is 0.315. The summed E-state index contributed by atoms with van der Waals surface area (Å²) in [6, 6.07) is 10.3. The third kappa shape index (κ3) is 5.87. The first kappa shape index (κ1) is 17.8. The van der Waals surface area contributed by atoms with E-state index in [4.69, 9.17) is 4.74 Å². The standard InChI is InChI=1S/C19H30N2O2/c1-16(2)21-15-17(10-11-19(21)22)14-20(3)12-7-13-23-18-8-5-4-6-9-18/h4-6,8-9,16-17H,7,10-15H2,1-3H3. The largest absolute Gasteiger partial charge is 0.494 e. The van der Waals surface area contributed by atoms with Crippen LogP contribution in [0.3, 0.4) is 0 Å². The molecule has 4 nitrogen and oxygen atoms in total. The molecule has 1 aliphatic heterocycles. The third-order valence-electron chi connectivity index (χ3n) is 4.43. The summed E-state index contributed by atoms with van der Waals surface area (Å²) in [6.45, 7) is 7.94. The lowest BCUT2D eigenvalue weighted by Crippen LogP contribution is -2.46. The van der Waals surface area contributed by atoms with E-state index in [1.165, 1.54) is 0 Å². The first-order valence-corrected chi connectivity index (χ1v) is 8.72. The number of nitrogens with zero attached hydrogens (tertiary/aromatic N) is 2. The number of ether oxygens (including phenoxy) is 1. The zero-order valence-corrected chi connectivity index (χ0v) is 14.7. The van der Waals surface area contributed by atoms with Gasteiger partial charge in [0, 0.05) is 32.1 Å². The van der Waals surface area contributed by atoms with Gasteiger partial charge < -0.3 is 14.5 Å². The predicted molar refractivity (Wildman–Crippen MR) is 93.6 cm³/mol. The molecule has 0 spiro atoms. The van der Waals surface area contributed by atoms with Crippen LogP contribution in [0.2, 0.25) is 0 Å². The van der Waals surface area contributed by atoms with Gasteiger partial charge in [0.15, 0.2) is 0 Å². The molecule has 4 heteroatoms. The predicted octanol–water partition coefficient (Wildman–Crippen LogP) is 3.03. The quantitative estimate of drug-likeness (QED) is 0.691. The van der Waals surface area contributed by atoms with Crippen molar-refractivity contribution in [2.45, 2.75) is 39.2 Å². The summed E-state index contributed by atoms with van der Waals surface area (Å²) in [6.07, 6.45) is 2.74. The van der Waals surface area contributed by atoms with Gasteiger partial charge in [-0.15, -0.1) is 0 Å². The Morgan fingerprint density at radius 3 is 2.74 bits per heavy atom. The lowest BCUT2D eigenvalue weighted by Gasteiger charge is -2.37. The number of carbonyl (C=O) groups excluding carboxylic acids is 1. The summed E-state index contributed by atoms with van der Waals surface area (Å²) < 4.78 is 5.73. The highest BCUT2D eigenvalue weighted by molar-refractivity contribution is 5.77. The molecule has 1 unspecified atom stereocenters. The summed E-state index contributed by atoms with van der Waals surface area (Å²) in [5.74, 6) is 1.85. The minimum Gasteiger partial charge on any atom is -0.494 e. The van der Waals surface area contributed by atoms with E-state index < -0.39 is 0 Å². The molecule has 1 heterocycles. The van der Waals surface area contributed by atoms with Crippen molar-refractivity contribution in [3.05, 3.63) is 30.3 Å². The number of piperidine rings is 1. The number of benzene rings is 1. The van der Waals surface area contributed by atoms with Crippen LogP contribution in [0.15, 0.2) is 30.3 Å². The fraction of sp³-hybridized carbons (Fsp3) is 0.632. The molecule has 1 aliphatic rings. The highest BCUT2D eigenvalue weighted by atomic mass is 16.5. The minimum atomic E-state index is 0.315. The molecule has 0 bridgehead atoms. The van der Waals surface area contributed by atoms with Crippen molar-refractivity contribution < 1.29 is 9.53 Å². The molecule has 23 heavy (non-hydrogen) atoms. The van der Waals surface area contributed by atoms with E-state index in [-0.39, 0.29) is 0 Å². The zero-order valence-electron chi connectivity index (χ0n) is 14.7. The second kappa shape index (κ2) is 8.92. The van der Waals surface area contributed by atoms with Crippen LogP contribution in [0.25, 0.3) is 0 Å². The Bertz CT molecular complexity index is 476. The average Bonchev–Trinajstić information content (AvgIpc) is 2.54. The Kier molecular flexibility index (Phi) is 6.90. The van der Waals surface area contributed by atoms with Crippen LogP contribution in [0.4, 0.5) is 0 Å². The molecule has 1 amide bonds.